The Hall–Kier alpha value is -5.52. The lowest BCUT2D eigenvalue weighted by molar-refractivity contribution is -0.134. The number of H-pyrrole nitrogens is 2. The van der Waals surface area contributed by atoms with Crippen molar-refractivity contribution in [3.8, 4) is 33.6 Å². The van der Waals surface area contributed by atoms with Gasteiger partial charge >= 0.3 is 6.09 Å². The first-order chi connectivity index (χ1) is 25.0. The van der Waals surface area contributed by atoms with Crippen molar-refractivity contribution >= 4 is 17.9 Å². The van der Waals surface area contributed by atoms with Crippen molar-refractivity contribution in [3.05, 3.63) is 91.0 Å². The van der Waals surface area contributed by atoms with Gasteiger partial charge in [0.25, 0.3) is 0 Å². The summed E-state index contributed by atoms with van der Waals surface area (Å²) >= 11 is 0. The SMILES string of the molecule is CC(C)[C@@H](Nc1ncccn1)C(=O)N1CCC[C@H]1c1ncc(-c2ccc(-c3ccc(-c4cnc(C5CCC(C(C)(C)C)N5C(=O)O)[nH]4)cc3)cc2)[nH]1. The predicted molar refractivity (Wildman–Crippen MR) is 200 cm³/mol. The minimum atomic E-state index is -0.903. The number of anilines is 1. The fourth-order valence-electron chi connectivity index (χ4n) is 7.71. The summed E-state index contributed by atoms with van der Waals surface area (Å²) < 4.78 is 0. The van der Waals surface area contributed by atoms with E-state index >= 15 is 0 Å². The Morgan fingerprint density at radius 2 is 1.33 bits per heavy atom. The van der Waals surface area contributed by atoms with Gasteiger partial charge in [0.15, 0.2) is 0 Å². The van der Waals surface area contributed by atoms with E-state index in [4.69, 9.17) is 4.98 Å². The molecule has 4 N–H and O–H groups in total. The second kappa shape index (κ2) is 14.2. The molecule has 5 aromatic rings. The summed E-state index contributed by atoms with van der Waals surface area (Å²) in [6.45, 7) is 11.0. The molecule has 5 heterocycles. The Morgan fingerprint density at radius 3 is 1.85 bits per heavy atom. The molecular weight excluding hydrogens is 655 g/mol. The average Bonchev–Trinajstić information content (AvgIpc) is 3.96. The number of hydrogen-bond acceptors (Lipinski definition) is 7. The molecular formula is C40H47N9O3. The number of imidazole rings is 2. The molecule has 270 valence electrons. The highest BCUT2D eigenvalue weighted by molar-refractivity contribution is 5.85. The van der Waals surface area contributed by atoms with Gasteiger partial charge < -0.3 is 25.3 Å². The Morgan fingerprint density at radius 1 is 0.788 bits per heavy atom. The van der Waals surface area contributed by atoms with Crippen LogP contribution in [0.2, 0.25) is 0 Å². The molecule has 0 bridgehead atoms. The second-order valence-electron chi connectivity index (χ2n) is 15.3. The number of carbonyl (C=O) groups excluding carboxylic acids is 1. The number of aromatic nitrogens is 6. The van der Waals surface area contributed by atoms with Crippen LogP contribution in [-0.4, -0.2) is 75.4 Å². The van der Waals surface area contributed by atoms with Gasteiger partial charge in [-0.3, -0.25) is 9.69 Å². The minimum Gasteiger partial charge on any atom is -0.465 e. The maximum atomic E-state index is 13.8. The highest BCUT2D eigenvalue weighted by Gasteiger charge is 2.44. The van der Waals surface area contributed by atoms with Crippen LogP contribution in [0.1, 0.15) is 84.0 Å². The van der Waals surface area contributed by atoms with Crippen molar-refractivity contribution in [3.63, 3.8) is 0 Å². The van der Waals surface area contributed by atoms with Crippen molar-refractivity contribution < 1.29 is 14.7 Å². The maximum absolute atomic E-state index is 13.8. The normalized spacial score (nSPS) is 19.7. The summed E-state index contributed by atoms with van der Waals surface area (Å²) in [6, 6.07) is 17.5. The van der Waals surface area contributed by atoms with Gasteiger partial charge in [-0.05, 0) is 65.3 Å². The molecule has 2 unspecified atom stereocenters. The van der Waals surface area contributed by atoms with Gasteiger partial charge in [-0.1, -0.05) is 83.1 Å². The van der Waals surface area contributed by atoms with Gasteiger partial charge in [0.2, 0.25) is 11.9 Å². The van der Waals surface area contributed by atoms with E-state index in [2.05, 4.69) is 99.5 Å². The molecule has 0 saturated carbocycles. The van der Waals surface area contributed by atoms with E-state index in [-0.39, 0.29) is 35.4 Å². The Kier molecular flexibility index (Phi) is 9.56. The van der Waals surface area contributed by atoms with Crippen LogP contribution in [0.4, 0.5) is 10.7 Å². The lowest BCUT2D eigenvalue weighted by Gasteiger charge is -2.35. The van der Waals surface area contributed by atoms with Crippen molar-refractivity contribution in [1.82, 2.24) is 39.7 Å². The molecule has 0 spiro atoms. The number of carboxylic acid groups (broad SMARTS) is 1. The van der Waals surface area contributed by atoms with E-state index in [1.807, 2.05) is 24.9 Å². The number of carbonyl (C=O) groups is 2. The van der Waals surface area contributed by atoms with Crippen LogP contribution in [0.3, 0.4) is 0 Å². The first-order valence-electron chi connectivity index (χ1n) is 18.1. The van der Waals surface area contributed by atoms with Crippen molar-refractivity contribution in [2.75, 3.05) is 11.9 Å². The zero-order chi connectivity index (χ0) is 36.6. The molecule has 7 rings (SSSR count). The molecule has 0 aliphatic carbocycles. The van der Waals surface area contributed by atoms with E-state index in [9.17, 15) is 14.7 Å². The molecule has 3 aromatic heterocycles. The van der Waals surface area contributed by atoms with Crippen LogP contribution in [0.5, 0.6) is 0 Å². The number of rotatable bonds is 9. The molecule has 2 saturated heterocycles. The van der Waals surface area contributed by atoms with Crippen LogP contribution in [-0.2, 0) is 4.79 Å². The molecule has 12 nitrogen and oxygen atoms in total. The standard InChI is InChI=1S/C40H47N9O3/c1-24(2)34(47-38-41-19-7-20-42-38)37(50)48-21-6-8-31(48)35-43-22-29(45-35)27-13-9-25(10-14-27)26-11-15-28(16-12-26)30-23-44-36(46-30)32-17-18-33(40(3,4)5)49(32)39(51)52/h7,9-16,19-20,22-24,31-34H,6,8,17-18,21H2,1-5H3,(H,43,45)(H,44,46)(H,51,52)(H,41,42,47)/t31-,32?,33?,34+/m0/s1. The number of aromatic amines is 2. The first-order valence-corrected chi connectivity index (χ1v) is 18.1. The topological polar surface area (TPSA) is 156 Å². The molecule has 2 amide bonds. The van der Waals surface area contributed by atoms with Crippen LogP contribution in [0, 0.1) is 11.3 Å². The summed E-state index contributed by atoms with van der Waals surface area (Å²) in [6.07, 6.45) is 9.39. The summed E-state index contributed by atoms with van der Waals surface area (Å²) in [5, 5.41) is 13.3. The van der Waals surface area contributed by atoms with E-state index in [0.717, 1.165) is 65.1 Å². The zero-order valence-electron chi connectivity index (χ0n) is 30.4. The molecule has 4 atom stereocenters. The van der Waals surface area contributed by atoms with Crippen molar-refractivity contribution in [1.29, 1.82) is 0 Å². The average molecular weight is 702 g/mol. The van der Waals surface area contributed by atoms with Gasteiger partial charge in [0.1, 0.15) is 17.7 Å². The summed E-state index contributed by atoms with van der Waals surface area (Å²) in [5.74, 6) is 2.00. The van der Waals surface area contributed by atoms with Crippen LogP contribution < -0.4 is 5.32 Å². The highest BCUT2D eigenvalue weighted by atomic mass is 16.4. The van der Waals surface area contributed by atoms with Crippen LogP contribution in [0.15, 0.2) is 79.4 Å². The first kappa shape index (κ1) is 34.9. The molecule has 52 heavy (non-hydrogen) atoms. The highest BCUT2D eigenvalue weighted by Crippen LogP contribution is 2.42. The maximum Gasteiger partial charge on any atom is 0.408 e. The van der Waals surface area contributed by atoms with Crippen LogP contribution in [0.25, 0.3) is 33.6 Å². The van der Waals surface area contributed by atoms with Gasteiger partial charge in [-0.25, -0.2) is 24.7 Å². The van der Waals surface area contributed by atoms with Crippen molar-refractivity contribution in [2.45, 2.75) is 84.5 Å². The zero-order valence-corrected chi connectivity index (χ0v) is 30.4. The largest absolute Gasteiger partial charge is 0.465 e. The fraction of sp³-hybridized carbons (Fsp3) is 0.400. The van der Waals surface area contributed by atoms with E-state index < -0.39 is 12.1 Å². The van der Waals surface area contributed by atoms with E-state index in [1.54, 1.807) is 29.6 Å². The van der Waals surface area contributed by atoms with E-state index in [0.29, 0.717) is 18.3 Å². The Labute approximate surface area is 304 Å². The van der Waals surface area contributed by atoms with Crippen molar-refractivity contribution in [2.24, 2.45) is 11.3 Å². The third-order valence-electron chi connectivity index (χ3n) is 10.5. The summed E-state index contributed by atoms with van der Waals surface area (Å²) in [5.41, 5.74) is 5.78. The summed E-state index contributed by atoms with van der Waals surface area (Å²) in [7, 11) is 0. The number of nitrogens with one attached hydrogen (secondary N) is 3. The second-order valence-corrected chi connectivity index (χ2v) is 15.3. The number of likely N-dealkylation sites (tertiary alicyclic amines) is 2. The number of nitrogens with zero attached hydrogens (tertiary/aromatic N) is 6. The smallest absolute Gasteiger partial charge is 0.408 e. The van der Waals surface area contributed by atoms with Crippen LogP contribution >= 0.6 is 0 Å². The third kappa shape index (κ3) is 7.02. The fourth-order valence-corrected chi connectivity index (χ4v) is 7.71. The summed E-state index contributed by atoms with van der Waals surface area (Å²) in [4.78, 5) is 54.3. The van der Waals surface area contributed by atoms with Gasteiger partial charge in [0, 0.05) is 25.0 Å². The molecule has 12 heteroatoms. The molecule has 2 aliphatic rings. The van der Waals surface area contributed by atoms with Gasteiger partial charge in [-0.15, -0.1) is 0 Å². The predicted octanol–water partition coefficient (Wildman–Crippen LogP) is 7.95. The van der Waals surface area contributed by atoms with Gasteiger partial charge in [0.05, 0.1) is 35.9 Å². The number of hydrogen-bond donors (Lipinski definition) is 4. The van der Waals surface area contributed by atoms with Gasteiger partial charge in [-0.2, -0.15) is 0 Å². The molecule has 2 aliphatic heterocycles. The number of amides is 2. The third-order valence-corrected chi connectivity index (χ3v) is 10.5. The monoisotopic (exact) mass is 701 g/mol. The molecule has 0 radical (unpaired) electrons. The Balaban J connectivity index is 1.01. The molecule has 2 aromatic carbocycles. The van der Waals surface area contributed by atoms with E-state index in [1.165, 1.54) is 0 Å². The Bertz CT molecular complexity index is 2000. The lowest BCUT2D eigenvalue weighted by Crippen LogP contribution is -2.45. The lowest BCUT2D eigenvalue weighted by atomic mass is 9.85. The molecule has 2 fully saturated rings. The minimum absolute atomic E-state index is 0.0270. The quantitative estimate of drug-likeness (QED) is 0.121. The number of benzene rings is 2.